The highest BCUT2D eigenvalue weighted by Crippen LogP contribution is 2.13. The maximum atomic E-state index is 3.53. The SMILES string of the molecule is CCc1ccc(NC2CCNC2)cc1. The van der Waals surface area contributed by atoms with Gasteiger partial charge in [-0.1, -0.05) is 19.1 Å². The second-order valence-corrected chi connectivity index (χ2v) is 3.88. The Kier molecular flexibility index (Phi) is 3.04. The Bertz CT molecular complexity index is 273. The number of hydrogen-bond donors (Lipinski definition) is 2. The van der Waals surface area contributed by atoms with E-state index in [-0.39, 0.29) is 0 Å². The molecule has 14 heavy (non-hydrogen) atoms. The molecule has 1 aliphatic heterocycles. The van der Waals surface area contributed by atoms with E-state index in [4.69, 9.17) is 0 Å². The third-order valence-corrected chi connectivity index (χ3v) is 2.79. The normalized spacial score (nSPS) is 21.1. The van der Waals surface area contributed by atoms with Crippen molar-refractivity contribution in [2.75, 3.05) is 18.4 Å². The predicted molar refractivity (Wildman–Crippen MR) is 60.7 cm³/mol. The third kappa shape index (κ3) is 2.26. The van der Waals surface area contributed by atoms with E-state index in [0.29, 0.717) is 6.04 Å². The molecule has 76 valence electrons. The Morgan fingerprint density at radius 3 is 2.71 bits per heavy atom. The summed E-state index contributed by atoms with van der Waals surface area (Å²) in [6.07, 6.45) is 2.35. The van der Waals surface area contributed by atoms with Gasteiger partial charge in [0.15, 0.2) is 0 Å². The molecule has 2 N–H and O–H groups in total. The largest absolute Gasteiger partial charge is 0.381 e. The average molecular weight is 190 g/mol. The topological polar surface area (TPSA) is 24.1 Å². The second-order valence-electron chi connectivity index (χ2n) is 3.88. The molecule has 0 bridgehead atoms. The molecular weight excluding hydrogens is 172 g/mol. The summed E-state index contributed by atoms with van der Waals surface area (Å²) >= 11 is 0. The molecule has 0 spiro atoms. The fourth-order valence-electron chi connectivity index (χ4n) is 1.85. The Labute approximate surface area is 85.7 Å². The highest BCUT2D eigenvalue weighted by molar-refractivity contribution is 5.45. The summed E-state index contributed by atoms with van der Waals surface area (Å²) in [6.45, 7) is 4.42. The lowest BCUT2D eigenvalue weighted by Crippen LogP contribution is -2.21. The molecule has 0 radical (unpaired) electrons. The summed E-state index contributed by atoms with van der Waals surface area (Å²) in [4.78, 5) is 0. The molecule has 1 atom stereocenters. The lowest BCUT2D eigenvalue weighted by atomic mass is 10.1. The zero-order valence-electron chi connectivity index (χ0n) is 8.72. The number of aryl methyl sites for hydroxylation is 1. The summed E-state index contributed by atoms with van der Waals surface area (Å²) in [5.74, 6) is 0. The minimum Gasteiger partial charge on any atom is -0.381 e. The maximum Gasteiger partial charge on any atom is 0.0398 e. The van der Waals surface area contributed by atoms with Crippen LogP contribution in [0, 0.1) is 0 Å². The van der Waals surface area contributed by atoms with Gasteiger partial charge in [-0.05, 0) is 37.1 Å². The average Bonchev–Trinajstić information content (AvgIpc) is 2.72. The van der Waals surface area contributed by atoms with Crippen LogP contribution in [0.2, 0.25) is 0 Å². The van der Waals surface area contributed by atoms with Crippen molar-refractivity contribution in [1.82, 2.24) is 5.32 Å². The van der Waals surface area contributed by atoms with E-state index in [1.54, 1.807) is 0 Å². The summed E-state index contributed by atoms with van der Waals surface area (Å²) in [7, 11) is 0. The number of anilines is 1. The molecule has 1 aliphatic rings. The lowest BCUT2D eigenvalue weighted by Gasteiger charge is -2.12. The first kappa shape index (κ1) is 9.53. The molecule has 0 aliphatic carbocycles. The first-order valence-electron chi connectivity index (χ1n) is 5.44. The van der Waals surface area contributed by atoms with E-state index in [1.807, 2.05) is 0 Å². The molecule has 1 unspecified atom stereocenters. The smallest absolute Gasteiger partial charge is 0.0398 e. The van der Waals surface area contributed by atoms with Gasteiger partial charge in [0.2, 0.25) is 0 Å². The molecule has 1 heterocycles. The van der Waals surface area contributed by atoms with Crippen LogP contribution in [0.15, 0.2) is 24.3 Å². The van der Waals surface area contributed by atoms with Crippen LogP contribution in [0.5, 0.6) is 0 Å². The second kappa shape index (κ2) is 4.47. The molecule has 2 heteroatoms. The monoisotopic (exact) mass is 190 g/mol. The molecule has 2 nitrogen and oxygen atoms in total. The van der Waals surface area contributed by atoms with Crippen molar-refractivity contribution in [3.63, 3.8) is 0 Å². The van der Waals surface area contributed by atoms with Crippen molar-refractivity contribution in [3.05, 3.63) is 29.8 Å². The van der Waals surface area contributed by atoms with E-state index in [1.165, 1.54) is 17.7 Å². The highest BCUT2D eigenvalue weighted by Gasteiger charge is 2.13. The van der Waals surface area contributed by atoms with Gasteiger partial charge in [0.1, 0.15) is 0 Å². The summed E-state index contributed by atoms with van der Waals surface area (Å²) < 4.78 is 0. The van der Waals surface area contributed by atoms with Gasteiger partial charge >= 0.3 is 0 Å². The first-order valence-corrected chi connectivity index (χ1v) is 5.44. The van der Waals surface area contributed by atoms with Gasteiger partial charge in [0.05, 0.1) is 0 Å². The quantitative estimate of drug-likeness (QED) is 0.762. The van der Waals surface area contributed by atoms with E-state index >= 15 is 0 Å². The zero-order valence-corrected chi connectivity index (χ0v) is 8.72. The van der Waals surface area contributed by atoms with Crippen LogP contribution in [-0.4, -0.2) is 19.1 Å². The van der Waals surface area contributed by atoms with Gasteiger partial charge in [0.25, 0.3) is 0 Å². The first-order chi connectivity index (χ1) is 6.88. The third-order valence-electron chi connectivity index (χ3n) is 2.79. The fraction of sp³-hybridized carbons (Fsp3) is 0.500. The van der Waals surface area contributed by atoms with E-state index in [0.717, 1.165) is 19.5 Å². The van der Waals surface area contributed by atoms with Crippen LogP contribution in [0.3, 0.4) is 0 Å². The van der Waals surface area contributed by atoms with Crippen molar-refractivity contribution in [3.8, 4) is 0 Å². The number of nitrogens with one attached hydrogen (secondary N) is 2. The molecule has 0 amide bonds. The van der Waals surface area contributed by atoms with Crippen LogP contribution in [0.25, 0.3) is 0 Å². The summed E-state index contributed by atoms with van der Waals surface area (Å²) in [5, 5.41) is 6.88. The molecule has 1 aromatic rings. The molecule has 1 saturated heterocycles. The minimum atomic E-state index is 0.613. The molecule has 1 aromatic carbocycles. The maximum absolute atomic E-state index is 3.53. The number of rotatable bonds is 3. The van der Waals surface area contributed by atoms with Gasteiger partial charge in [-0.25, -0.2) is 0 Å². The Morgan fingerprint density at radius 2 is 2.14 bits per heavy atom. The highest BCUT2D eigenvalue weighted by atomic mass is 15.0. The molecule has 2 rings (SSSR count). The van der Waals surface area contributed by atoms with Gasteiger partial charge in [-0.3, -0.25) is 0 Å². The van der Waals surface area contributed by atoms with Crippen LogP contribution in [0.4, 0.5) is 5.69 Å². The number of hydrogen-bond acceptors (Lipinski definition) is 2. The van der Waals surface area contributed by atoms with Crippen molar-refractivity contribution in [1.29, 1.82) is 0 Å². The van der Waals surface area contributed by atoms with Gasteiger partial charge in [-0.2, -0.15) is 0 Å². The van der Waals surface area contributed by atoms with Gasteiger partial charge in [0, 0.05) is 18.3 Å². The van der Waals surface area contributed by atoms with Crippen LogP contribution in [0.1, 0.15) is 18.9 Å². The minimum absolute atomic E-state index is 0.613. The zero-order chi connectivity index (χ0) is 9.80. The Balaban J connectivity index is 1.95. The van der Waals surface area contributed by atoms with Crippen molar-refractivity contribution in [2.24, 2.45) is 0 Å². The fourth-order valence-corrected chi connectivity index (χ4v) is 1.85. The standard InChI is InChI=1S/C12H18N2/c1-2-10-3-5-11(6-4-10)14-12-7-8-13-9-12/h3-6,12-14H,2,7-9H2,1H3. The van der Waals surface area contributed by atoms with Crippen molar-refractivity contribution < 1.29 is 0 Å². The summed E-state index contributed by atoms with van der Waals surface area (Å²) in [5.41, 5.74) is 2.65. The van der Waals surface area contributed by atoms with Crippen LogP contribution >= 0.6 is 0 Å². The van der Waals surface area contributed by atoms with E-state index in [2.05, 4.69) is 41.8 Å². The van der Waals surface area contributed by atoms with Crippen LogP contribution in [-0.2, 0) is 6.42 Å². The van der Waals surface area contributed by atoms with Crippen molar-refractivity contribution >= 4 is 5.69 Å². The predicted octanol–water partition coefficient (Wildman–Crippen LogP) is 2.02. The Morgan fingerprint density at radius 1 is 1.36 bits per heavy atom. The molecule has 1 fully saturated rings. The molecular formula is C12H18N2. The van der Waals surface area contributed by atoms with E-state index < -0.39 is 0 Å². The molecule has 0 aromatic heterocycles. The number of benzene rings is 1. The van der Waals surface area contributed by atoms with Gasteiger partial charge < -0.3 is 10.6 Å². The van der Waals surface area contributed by atoms with Crippen molar-refractivity contribution in [2.45, 2.75) is 25.8 Å². The van der Waals surface area contributed by atoms with Gasteiger partial charge in [-0.15, -0.1) is 0 Å². The Hall–Kier alpha value is -1.02. The summed E-state index contributed by atoms with van der Waals surface area (Å²) in [6, 6.07) is 9.37. The lowest BCUT2D eigenvalue weighted by molar-refractivity contribution is 0.793. The van der Waals surface area contributed by atoms with E-state index in [9.17, 15) is 0 Å². The van der Waals surface area contributed by atoms with Crippen LogP contribution < -0.4 is 10.6 Å². The molecule has 0 saturated carbocycles.